The van der Waals surface area contributed by atoms with Gasteiger partial charge in [0.25, 0.3) is 0 Å². The van der Waals surface area contributed by atoms with E-state index in [1.165, 1.54) is 6.07 Å². The van der Waals surface area contributed by atoms with Crippen molar-refractivity contribution in [3.05, 3.63) is 59.4 Å². The average Bonchev–Trinajstić information content (AvgIpc) is 3.12. The normalized spacial score (nSPS) is 18.7. The van der Waals surface area contributed by atoms with E-state index in [4.69, 9.17) is 4.63 Å². The lowest BCUT2D eigenvalue weighted by Gasteiger charge is -2.33. The predicted molar refractivity (Wildman–Crippen MR) is 93.3 cm³/mol. The Morgan fingerprint density at radius 3 is 2.92 bits per heavy atom. The Labute approximate surface area is 145 Å². The van der Waals surface area contributed by atoms with Gasteiger partial charge in [-0.2, -0.15) is 0 Å². The van der Waals surface area contributed by atoms with Crippen molar-refractivity contribution in [2.45, 2.75) is 32.0 Å². The van der Waals surface area contributed by atoms with Crippen molar-refractivity contribution in [1.29, 1.82) is 0 Å². The molecule has 0 bridgehead atoms. The number of nitrogens with one attached hydrogen (secondary N) is 1. The van der Waals surface area contributed by atoms with Crippen LogP contribution in [0.15, 0.2) is 47.1 Å². The number of aromatic nitrogens is 2. The zero-order valence-corrected chi connectivity index (χ0v) is 14.0. The van der Waals surface area contributed by atoms with Crippen LogP contribution in [-0.2, 0) is 13.1 Å². The summed E-state index contributed by atoms with van der Waals surface area (Å²) < 4.78 is 18.7. The van der Waals surface area contributed by atoms with Gasteiger partial charge in [0, 0.05) is 31.2 Å². The fourth-order valence-electron chi connectivity index (χ4n) is 3.49. The van der Waals surface area contributed by atoms with Crippen molar-refractivity contribution in [1.82, 2.24) is 20.5 Å². The summed E-state index contributed by atoms with van der Waals surface area (Å²) in [7, 11) is 0. The molecule has 0 saturated carbocycles. The van der Waals surface area contributed by atoms with Crippen molar-refractivity contribution in [3.63, 3.8) is 0 Å². The first-order valence-corrected chi connectivity index (χ1v) is 8.69. The molecule has 1 aromatic heterocycles. The molecule has 4 rings (SSSR count). The maximum atomic E-state index is 13.9. The molecule has 0 radical (unpaired) electrons. The first kappa shape index (κ1) is 16.2. The second-order valence-corrected chi connectivity index (χ2v) is 6.60. The summed E-state index contributed by atoms with van der Waals surface area (Å²) in [6.45, 7) is 3.31. The molecule has 25 heavy (non-hydrogen) atoms. The van der Waals surface area contributed by atoms with Gasteiger partial charge in [-0.3, -0.25) is 4.90 Å². The highest BCUT2D eigenvalue weighted by Gasteiger charge is 2.20. The van der Waals surface area contributed by atoms with E-state index < -0.39 is 0 Å². The largest absolute Gasteiger partial charge is 0.309 e. The minimum atomic E-state index is -0.122. The number of nitrogens with zero attached hydrogens (tertiary/aromatic N) is 3. The van der Waals surface area contributed by atoms with Crippen molar-refractivity contribution >= 4 is 11.0 Å². The van der Waals surface area contributed by atoms with Crippen LogP contribution in [0, 0.1) is 5.82 Å². The van der Waals surface area contributed by atoms with Gasteiger partial charge in [0.15, 0.2) is 0 Å². The number of benzene rings is 2. The van der Waals surface area contributed by atoms with Crippen LogP contribution in [0.5, 0.6) is 0 Å². The van der Waals surface area contributed by atoms with Gasteiger partial charge >= 0.3 is 0 Å². The van der Waals surface area contributed by atoms with Crippen LogP contribution < -0.4 is 5.32 Å². The maximum Gasteiger partial charge on any atom is 0.139 e. The van der Waals surface area contributed by atoms with Crippen LogP contribution in [0.2, 0.25) is 0 Å². The molecule has 6 heteroatoms. The third-order valence-electron chi connectivity index (χ3n) is 4.81. The molecule has 1 atom stereocenters. The lowest BCUT2D eigenvalue weighted by molar-refractivity contribution is 0.181. The Balaban J connectivity index is 1.37. The summed E-state index contributed by atoms with van der Waals surface area (Å²) in [5, 5.41) is 11.5. The van der Waals surface area contributed by atoms with E-state index in [-0.39, 0.29) is 5.82 Å². The molecule has 1 N–H and O–H groups in total. The van der Waals surface area contributed by atoms with Gasteiger partial charge in [0.05, 0.1) is 0 Å². The summed E-state index contributed by atoms with van der Waals surface area (Å²) in [6, 6.07) is 13.3. The van der Waals surface area contributed by atoms with Gasteiger partial charge in [0.1, 0.15) is 16.9 Å². The molecule has 1 aliphatic heterocycles. The van der Waals surface area contributed by atoms with E-state index in [2.05, 4.69) is 20.5 Å². The van der Waals surface area contributed by atoms with E-state index >= 15 is 0 Å². The molecule has 0 spiro atoms. The summed E-state index contributed by atoms with van der Waals surface area (Å²) in [5.74, 6) is -0.122. The number of hydrogen-bond donors (Lipinski definition) is 1. The SMILES string of the molecule is Fc1ccccc1CN1CCCC(NCc2cccc3nonc23)C1. The van der Waals surface area contributed by atoms with Gasteiger partial charge in [-0.25, -0.2) is 9.02 Å². The molecule has 1 aliphatic rings. The number of piperidine rings is 1. The molecule has 5 nitrogen and oxygen atoms in total. The van der Waals surface area contributed by atoms with E-state index in [0.717, 1.165) is 54.6 Å². The van der Waals surface area contributed by atoms with E-state index in [1.54, 1.807) is 6.07 Å². The maximum absolute atomic E-state index is 13.9. The Morgan fingerprint density at radius 2 is 2.00 bits per heavy atom. The first-order chi connectivity index (χ1) is 12.3. The number of rotatable bonds is 5. The summed E-state index contributed by atoms with van der Waals surface area (Å²) in [4.78, 5) is 2.32. The standard InChI is InChI=1S/C19H21FN4O/c20-17-8-2-1-5-15(17)12-24-10-4-7-16(13-24)21-11-14-6-3-9-18-19(14)23-25-22-18/h1-3,5-6,8-9,16,21H,4,7,10-13H2. The lowest BCUT2D eigenvalue weighted by atomic mass is 10.0. The van der Waals surface area contributed by atoms with Gasteiger partial charge < -0.3 is 5.32 Å². The average molecular weight is 340 g/mol. The van der Waals surface area contributed by atoms with Crippen molar-refractivity contribution in [3.8, 4) is 0 Å². The molecule has 0 aliphatic carbocycles. The highest BCUT2D eigenvalue weighted by molar-refractivity contribution is 5.76. The zero-order chi connectivity index (χ0) is 17.1. The molecule has 1 fully saturated rings. The fraction of sp³-hybridized carbons (Fsp3) is 0.368. The number of hydrogen-bond acceptors (Lipinski definition) is 5. The topological polar surface area (TPSA) is 54.2 Å². The first-order valence-electron chi connectivity index (χ1n) is 8.69. The summed E-state index contributed by atoms with van der Waals surface area (Å²) in [5.41, 5.74) is 3.45. The van der Waals surface area contributed by atoms with Crippen LogP contribution in [0.1, 0.15) is 24.0 Å². The third-order valence-corrected chi connectivity index (χ3v) is 4.81. The highest BCUT2D eigenvalue weighted by atomic mass is 19.1. The number of halogens is 1. The van der Waals surface area contributed by atoms with Crippen molar-refractivity contribution in [2.75, 3.05) is 13.1 Å². The minimum absolute atomic E-state index is 0.122. The van der Waals surface area contributed by atoms with Crippen LogP contribution in [-0.4, -0.2) is 34.3 Å². The minimum Gasteiger partial charge on any atom is -0.309 e. The van der Waals surface area contributed by atoms with E-state index in [1.807, 2.05) is 30.3 Å². The quantitative estimate of drug-likeness (QED) is 0.773. The monoisotopic (exact) mass is 340 g/mol. The predicted octanol–water partition coefficient (Wildman–Crippen LogP) is 3.12. The highest BCUT2D eigenvalue weighted by Crippen LogP contribution is 2.18. The molecule has 0 amide bonds. The summed E-state index contributed by atoms with van der Waals surface area (Å²) >= 11 is 0. The Bertz CT molecular complexity index is 850. The van der Waals surface area contributed by atoms with Gasteiger partial charge in [-0.1, -0.05) is 30.3 Å². The van der Waals surface area contributed by atoms with Crippen LogP contribution >= 0.6 is 0 Å². The Morgan fingerprint density at radius 1 is 1.12 bits per heavy atom. The second-order valence-electron chi connectivity index (χ2n) is 6.60. The second kappa shape index (κ2) is 7.29. The molecule has 3 aromatic rings. The lowest BCUT2D eigenvalue weighted by Crippen LogP contribution is -2.45. The van der Waals surface area contributed by atoms with Crippen LogP contribution in [0.25, 0.3) is 11.0 Å². The number of likely N-dealkylation sites (tertiary alicyclic amines) is 1. The molecule has 2 heterocycles. The third kappa shape index (κ3) is 3.70. The van der Waals surface area contributed by atoms with E-state index in [9.17, 15) is 4.39 Å². The van der Waals surface area contributed by atoms with Crippen molar-refractivity contribution in [2.24, 2.45) is 0 Å². The molecule has 1 unspecified atom stereocenters. The van der Waals surface area contributed by atoms with Crippen LogP contribution in [0.3, 0.4) is 0 Å². The van der Waals surface area contributed by atoms with Gasteiger partial charge in [-0.15, -0.1) is 0 Å². The smallest absolute Gasteiger partial charge is 0.139 e. The molecule has 1 saturated heterocycles. The number of fused-ring (bicyclic) bond motifs is 1. The van der Waals surface area contributed by atoms with Crippen molar-refractivity contribution < 1.29 is 9.02 Å². The molecular weight excluding hydrogens is 319 g/mol. The molecular formula is C19H21FN4O. The van der Waals surface area contributed by atoms with Gasteiger partial charge in [0.2, 0.25) is 0 Å². The molecule has 130 valence electrons. The van der Waals surface area contributed by atoms with Gasteiger partial charge in [-0.05, 0) is 47.4 Å². The zero-order valence-electron chi connectivity index (χ0n) is 14.0. The summed E-state index contributed by atoms with van der Waals surface area (Å²) in [6.07, 6.45) is 2.24. The van der Waals surface area contributed by atoms with Crippen LogP contribution in [0.4, 0.5) is 4.39 Å². The fourth-order valence-corrected chi connectivity index (χ4v) is 3.49. The van der Waals surface area contributed by atoms with E-state index in [0.29, 0.717) is 12.6 Å². The Kier molecular flexibility index (Phi) is 4.72. The molecule has 2 aromatic carbocycles. The Hall–Kier alpha value is -2.31.